The van der Waals surface area contributed by atoms with E-state index in [1.165, 1.54) is 36.1 Å². The van der Waals surface area contributed by atoms with Gasteiger partial charge in [-0.2, -0.15) is 0 Å². The Kier molecular flexibility index (Phi) is 5.62. The van der Waals surface area contributed by atoms with Gasteiger partial charge in [0.2, 0.25) is 0 Å². The maximum atomic E-state index is 3.63. The highest BCUT2D eigenvalue weighted by molar-refractivity contribution is 5.30. The van der Waals surface area contributed by atoms with E-state index in [9.17, 15) is 0 Å². The van der Waals surface area contributed by atoms with Gasteiger partial charge in [-0.25, -0.2) is 0 Å². The Morgan fingerprint density at radius 2 is 2.10 bits per heavy atom. The molecule has 2 nitrogen and oxygen atoms in total. The van der Waals surface area contributed by atoms with Gasteiger partial charge in [-0.1, -0.05) is 37.6 Å². The fourth-order valence-electron chi connectivity index (χ4n) is 3.06. The lowest BCUT2D eigenvalue weighted by molar-refractivity contribution is 0.237. The molecule has 2 heteroatoms. The van der Waals surface area contributed by atoms with E-state index in [0.29, 0.717) is 6.04 Å². The number of hydrogen-bond donors (Lipinski definition) is 1. The highest BCUT2D eigenvalue weighted by Gasteiger charge is 2.24. The highest BCUT2D eigenvalue weighted by Crippen LogP contribution is 2.21. The van der Waals surface area contributed by atoms with E-state index in [4.69, 9.17) is 0 Å². The van der Waals surface area contributed by atoms with E-state index < -0.39 is 0 Å². The van der Waals surface area contributed by atoms with Crippen LogP contribution in [-0.4, -0.2) is 30.6 Å². The largest absolute Gasteiger partial charge is 0.315 e. The lowest BCUT2D eigenvalue weighted by atomic mass is 10.0. The summed E-state index contributed by atoms with van der Waals surface area (Å²) < 4.78 is 0. The van der Waals surface area contributed by atoms with Crippen LogP contribution < -0.4 is 5.32 Å². The van der Waals surface area contributed by atoms with Gasteiger partial charge in [-0.05, 0) is 56.8 Å². The van der Waals surface area contributed by atoms with E-state index in [-0.39, 0.29) is 0 Å². The van der Waals surface area contributed by atoms with Crippen LogP contribution in [0.15, 0.2) is 18.2 Å². The van der Waals surface area contributed by atoms with Gasteiger partial charge in [-0.15, -0.1) is 0 Å². The summed E-state index contributed by atoms with van der Waals surface area (Å²) in [6.45, 7) is 13.6. The fraction of sp³-hybridized carbons (Fsp3) is 0.667. The third-order valence-electron chi connectivity index (χ3n) is 4.31. The quantitative estimate of drug-likeness (QED) is 0.854. The molecule has 112 valence electrons. The molecule has 0 aromatic heterocycles. The number of nitrogens with zero attached hydrogens (tertiary/aromatic N) is 1. The monoisotopic (exact) mass is 274 g/mol. The molecule has 1 heterocycles. The second-order valence-electron chi connectivity index (χ2n) is 6.75. The minimum absolute atomic E-state index is 0.716. The predicted octanol–water partition coefficient (Wildman–Crippen LogP) is 3.51. The molecule has 1 saturated heterocycles. The number of likely N-dealkylation sites (tertiary alicyclic amines) is 1. The lowest BCUT2D eigenvalue weighted by Crippen LogP contribution is -2.38. The Morgan fingerprint density at radius 3 is 2.85 bits per heavy atom. The molecular formula is C18H30N2. The van der Waals surface area contributed by atoms with Gasteiger partial charge in [0.1, 0.15) is 0 Å². The Balaban J connectivity index is 1.92. The summed E-state index contributed by atoms with van der Waals surface area (Å²) in [6, 6.07) is 7.54. The van der Waals surface area contributed by atoms with Crippen molar-refractivity contribution in [3.05, 3.63) is 34.9 Å². The number of nitrogens with one attached hydrogen (secondary N) is 1. The molecule has 20 heavy (non-hydrogen) atoms. The summed E-state index contributed by atoms with van der Waals surface area (Å²) in [6.07, 6.45) is 2.69. The molecule has 1 aliphatic heterocycles. The normalized spacial score (nSPS) is 19.9. The van der Waals surface area contributed by atoms with E-state index in [1.807, 2.05) is 0 Å². The smallest absolute Gasteiger partial charge is 0.0239 e. The maximum absolute atomic E-state index is 3.63. The molecule has 0 spiro atoms. The molecule has 1 N–H and O–H groups in total. The third kappa shape index (κ3) is 4.32. The third-order valence-corrected chi connectivity index (χ3v) is 4.31. The summed E-state index contributed by atoms with van der Waals surface area (Å²) in [5, 5.41) is 3.63. The van der Waals surface area contributed by atoms with Crippen LogP contribution in [0.25, 0.3) is 0 Å². The topological polar surface area (TPSA) is 15.3 Å². The average molecular weight is 274 g/mol. The van der Waals surface area contributed by atoms with Gasteiger partial charge in [0.15, 0.2) is 0 Å². The summed E-state index contributed by atoms with van der Waals surface area (Å²) in [7, 11) is 0. The van der Waals surface area contributed by atoms with Crippen molar-refractivity contribution < 1.29 is 0 Å². The SMILES string of the molecule is Cc1ccc(C)c(CN2CCCC2CNCC(C)C)c1. The molecule has 0 amide bonds. The van der Waals surface area contributed by atoms with Gasteiger partial charge in [0.05, 0.1) is 0 Å². The first-order valence-electron chi connectivity index (χ1n) is 8.07. The molecule has 1 unspecified atom stereocenters. The van der Waals surface area contributed by atoms with Crippen molar-refractivity contribution in [3.8, 4) is 0 Å². The minimum Gasteiger partial charge on any atom is -0.315 e. The van der Waals surface area contributed by atoms with E-state index in [1.54, 1.807) is 0 Å². The number of hydrogen-bond acceptors (Lipinski definition) is 2. The Bertz CT molecular complexity index is 425. The van der Waals surface area contributed by atoms with Crippen molar-refractivity contribution in [3.63, 3.8) is 0 Å². The summed E-state index contributed by atoms with van der Waals surface area (Å²) in [4.78, 5) is 2.66. The molecule has 0 saturated carbocycles. The summed E-state index contributed by atoms with van der Waals surface area (Å²) in [5.41, 5.74) is 4.30. The van der Waals surface area contributed by atoms with Crippen molar-refractivity contribution in [2.75, 3.05) is 19.6 Å². The molecule has 1 aromatic carbocycles. The summed E-state index contributed by atoms with van der Waals surface area (Å²) in [5.74, 6) is 0.740. The minimum atomic E-state index is 0.716. The number of aryl methyl sites for hydroxylation is 2. The van der Waals surface area contributed by atoms with E-state index in [0.717, 1.165) is 25.6 Å². The first-order valence-corrected chi connectivity index (χ1v) is 8.07. The van der Waals surface area contributed by atoms with Crippen LogP contribution in [-0.2, 0) is 6.54 Å². The highest BCUT2D eigenvalue weighted by atomic mass is 15.2. The first kappa shape index (κ1) is 15.5. The Labute approximate surface area is 124 Å². The van der Waals surface area contributed by atoms with Gasteiger partial charge < -0.3 is 5.32 Å². The van der Waals surface area contributed by atoms with Gasteiger partial charge in [0.25, 0.3) is 0 Å². The molecule has 1 aromatic rings. The van der Waals surface area contributed by atoms with Crippen molar-refractivity contribution >= 4 is 0 Å². The fourth-order valence-corrected chi connectivity index (χ4v) is 3.06. The standard InChI is InChI=1S/C18H30N2/c1-14(2)11-19-12-18-6-5-9-20(18)13-17-10-15(3)7-8-16(17)4/h7-8,10,14,18-19H,5-6,9,11-13H2,1-4H3. The number of rotatable bonds is 6. The molecule has 1 fully saturated rings. The lowest BCUT2D eigenvalue weighted by Gasteiger charge is -2.26. The zero-order chi connectivity index (χ0) is 14.5. The van der Waals surface area contributed by atoms with Gasteiger partial charge in [0, 0.05) is 19.1 Å². The van der Waals surface area contributed by atoms with E-state index >= 15 is 0 Å². The zero-order valence-electron chi connectivity index (χ0n) is 13.6. The first-order chi connectivity index (χ1) is 9.56. The zero-order valence-corrected chi connectivity index (χ0v) is 13.6. The van der Waals surface area contributed by atoms with Crippen molar-refractivity contribution in [2.45, 2.75) is 53.1 Å². The van der Waals surface area contributed by atoms with Crippen LogP contribution in [0.1, 0.15) is 43.4 Å². The van der Waals surface area contributed by atoms with E-state index in [2.05, 4.69) is 56.1 Å². The van der Waals surface area contributed by atoms with Crippen molar-refractivity contribution in [2.24, 2.45) is 5.92 Å². The van der Waals surface area contributed by atoms with Crippen LogP contribution in [0, 0.1) is 19.8 Å². The summed E-state index contributed by atoms with van der Waals surface area (Å²) >= 11 is 0. The molecule has 0 radical (unpaired) electrons. The Hall–Kier alpha value is -0.860. The molecule has 0 aliphatic carbocycles. The van der Waals surface area contributed by atoms with Crippen LogP contribution in [0.4, 0.5) is 0 Å². The van der Waals surface area contributed by atoms with Crippen LogP contribution in [0.3, 0.4) is 0 Å². The average Bonchev–Trinajstić information content (AvgIpc) is 2.81. The molecule has 1 aliphatic rings. The molecular weight excluding hydrogens is 244 g/mol. The maximum Gasteiger partial charge on any atom is 0.0239 e. The molecule has 0 bridgehead atoms. The predicted molar refractivity (Wildman–Crippen MR) is 87.1 cm³/mol. The second-order valence-corrected chi connectivity index (χ2v) is 6.75. The van der Waals surface area contributed by atoms with Crippen molar-refractivity contribution in [1.82, 2.24) is 10.2 Å². The van der Waals surface area contributed by atoms with Crippen LogP contribution in [0.2, 0.25) is 0 Å². The van der Waals surface area contributed by atoms with Crippen molar-refractivity contribution in [1.29, 1.82) is 0 Å². The van der Waals surface area contributed by atoms with Crippen LogP contribution in [0.5, 0.6) is 0 Å². The van der Waals surface area contributed by atoms with Gasteiger partial charge >= 0.3 is 0 Å². The molecule has 1 atom stereocenters. The second kappa shape index (κ2) is 7.24. The van der Waals surface area contributed by atoms with Crippen LogP contribution >= 0.6 is 0 Å². The van der Waals surface area contributed by atoms with Gasteiger partial charge in [-0.3, -0.25) is 4.90 Å². The number of benzene rings is 1. The Morgan fingerprint density at radius 1 is 1.30 bits per heavy atom. The molecule has 2 rings (SSSR count).